The molecule has 0 radical (unpaired) electrons. The average Bonchev–Trinajstić information content (AvgIpc) is 3.18. The van der Waals surface area contributed by atoms with Crippen molar-refractivity contribution in [1.29, 1.82) is 0 Å². The zero-order valence-corrected chi connectivity index (χ0v) is 17.5. The summed E-state index contributed by atoms with van der Waals surface area (Å²) in [5, 5.41) is 12.8. The summed E-state index contributed by atoms with van der Waals surface area (Å²) in [6, 6.07) is -0.178. The molecule has 146 valence electrons. The summed E-state index contributed by atoms with van der Waals surface area (Å²) >= 11 is 4.44. The molecule has 2 aromatic heterocycles. The van der Waals surface area contributed by atoms with E-state index in [-0.39, 0.29) is 28.8 Å². The Balaban J connectivity index is 1.68. The Morgan fingerprint density at radius 3 is 2.70 bits per heavy atom. The Hall–Kier alpha value is -1.98. The third-order valence-electron chi connectivity index (χ3n) is 4.47. The van der Waals surface area contributed by atoms with Crippen molar-refractivity contribution >= 4 is 44.3 Å². The molecule has 27 heavy (non-hydrogen) atoms. The SMILES string of the molecule is CO[C@H]1CN(c2nc(C)c(C(=O)O)s2)CC[C@H]1NC(=O)c1nc(Br)c(C)[nH]1. The van der Waals surface area contributed by atoms with Gasteiger partial charge in [0.05, 0.1) is 17.8 Å². The van der Waals surface area contributed by atoms with E-state index in [1.165, 1.54) is 0 Å². The molecular weight excluding hydrogens is 438 g/mol. The first kappa shape index (κ1) is 19.8. The number of H-pyrrole nitrogens is 1. The molecule has 1 fully saturated rings. The number of imidazole rings is 1. The van der Waals surface area contributed by atoms with Gasteiger partial charge >= 0.3 is 5.97 Å². The van der Waals surface area contributed by atoms with Crippen LogP contribution in [0.25, 0.3) is 0 Å². The van der Waals surface area contributed by atoms with Crippen molar-refractivity contribution in [3.63, 3.8) is 0 Å². The molecule has 3 heterocycles. The van der Waals surface area contributed by atoms with Gasteiger partial charge in [0.1, 0.15) is 9.48 Å². The molecular formula is C16H20BrN5O4S. The summed E-state index contributed by atoms with van der Waals surface area (Å²) in [7, 11) is 1.59. The third kappa shape index (κ3) is 4.14. The minimum atomic E-state index is -0.971. The lowest BCUT2D eigenvalue weighted by Crippen LogP contribution is -2.55. The minimum absolute atomic E-state index is 0.178. The number of aromatic carboxylic acids is 1. The third-order valence-corrected chi connectivity index (χ3v) is 6.45. The quantitative estimate of drug-likeness (QED) is 0.627. The molecule has 0 spiro atoms. The van der Waals surface area contributed by atoms with Gasteiger partial charge in [-0.05, 0) is 36.2 Å². The number of thiazole rings is 1. The molecule has 3 N–H and O–H groups in total. The predicted molar refractivity (Wildman–Crippen MR) is 104 cm³/mol. The smallest absolute Gasteiger partial charge is 0.347 e. The fourth-order valence-electron chi connectivity index (χ4n) is 2.99. The van der Waals surface area contributed by atoms with E-state index in [0.717, 1.165) is 17.0 Å². The minimum Gasteiger partial charge on any atom is -0.477 e. The standard InChI is InChI=1S/C16H20BrN5O4S/c1-7-11(15(24)25)27-16(19-7)22-5-4-9(10(6-22)26-3)20-14(23)13-18-8(2)12(17)21-13/h9-10H,4-6H2,1-3H3,(H,18,21)(H,20,23)(H,24,25)/t9-,10+/m1/s1. The number of aromatic nitrogens is 3. The Kier molecular flexibility index (Phi) is 5.82. The molecule has 3 rings (SSSR count). The number of amides is 1. The first-order valence-corrected chi connectivity index (χ1v) is 9.92. The number of rotatable bonds is 5. The van der Waals surface area contributed by atoms with Crippen molar-refractivity contribution in [3.05, 3.63) is 26.7 Å². The predicted octanol–water partition coefficient (Wildman–Crippen LogP) is 1.97. The van der Waals surface area contributed by atoms with Gasteiger partial charge in [0.2, 0.25) is 0 Å². The molecule has 0 saturated carbocycles. The van der Waals surface area contributed by atoms with Crippen LogP contribution in [0.5, 0.6) is 0 Å². The van der Waals surface area contributed by atoms with Crippen molar-refractivity contribution in [2.45, 2.75) is 32.4 Å². The molecule has 1 aliphatic rings. The van der Waals surface area contributed by atoms with Crippen LogP contribution in [0, 0.1) is 13.8 Å². The number of carbonyl (C=O) groups excluding carboxylic acids is 1. The van der Waals surface area contributed by atoms with Gasteiger partial charge in [-0.1, -0.05) is 11.3 Å². The fourth-order valence-corrected chi connectivity index (χ4v) is 4.21. The first-order valence-electron chi connectivity index (χ1n) is 8.31. The number of carboxylic acids is 1. The number of piperidine rings is 1. The van der Waals surface area contributed by atoms with Crippen molar-refractivity contribution in [1.82, 2.24) is 20.3 Å². The summed E-state index contributed by atoms with van der Waals surface area (Å²) in [6.45, 7) is 4.66. The molecule has 2 aromatic rings. The molecule has 0 aliphatic carbocycles. The number of carbonyl (C=O) groups is 2. The van der Waals surface area contributed by atoms with Gasteiger partial charge in [-0.2, -0.15) is 0 Å². The Bertz CT molecular complexity index is 848. The highest BCUT2D eigenvalue weighted by atomic mass is 79.9. The van der Waals surface area contributed by atoms with E-state index in [2.05, 4.69) is 36.2 Å². The van der Waals surface area contributed by atoms with E-state index in [4.69, 9.17) is 4.74 Å². The van der Waals surface area contributed by atoms with E-state index < -0.39 is 5.97 Å². The van der Waals surface area contributed by atoms with Gasteiger partial charge in [0, 0.05) is 25.9 Å². The molecule has 1 amide bonds. The summed E-state index contributed by atoms with van der Waals surface area (Å²) in [5.41, 5.74) is 1.29. The molecule has 1 saturated heterocycles. The Labute approximate surface area is 168 Å². The highest BCUT2D eigenvalue weighted by Crippen LogP contribution is 2.29. The van der Waals surface area contributed by atoms with E-state index in [9.17, 15) is 14.7 Å². The van der Waals surface area contributed by atoms with Crippen LogP contribution in [0.1, 0.15) is 38.1 Å². The van der Waals surface area contributed by atoms with Crippen LogP contribution in [0.15, 0.2) is 4.60 Å². The van der Waals surface area contributed by atoms with E-state index >= 15 is 0 Å². The van der Waals surface area contributed by atoms with Crippen molar-refractivity contribution in [2.75, 3.05) is 25.1 Å². The summed E-state index contributed by atoms with van der Waals surface area (Å²) in [4.78, 5) is 37.4. The lowest BCUT2D eigenvalue weighted by Gasteiger charge is -2.37. The van der Waals surface area contributed by atoms with Crippen LogP contribution < -0.4 is 10.2 Å². The highest BCUT2D eigenvalue weighted by molar-refractivity contribution is 9.10. The van der Waals surface area contributed by atoms with Gasteiger partial charge in [0.25, 0.3) is 5.91 Å². The van der Waals surface area contributed by atoms with Crippen LogP contribution in [0.2, 0.25) is 0 Å². The van der Waals surface area contributed by atoms with Gasteiger partial charge < -0.3 is 25.0 Å². The number of nitrogens with zero attached hydrogens (tertiary/aromatic N) is 3. The van der Waals surface area contributed by atoms with Gasteiger partial charge in [-0.25, -0.2) is 14.8 Å². The van der Waals surface area contributed by atoms with Gasteiger partial charge in [0.15, 0.2) is 11.0 Å². The maximum atomic E-state index is 12.4. The van der Waals surface area contributed by atoms with Crippen LogP contribution in [0.4, 0.5) is 5.13 Å². The number of nitrogens with one attached hydrogen (secondary N) is 2. The topological polar surface area (TPSA) is 120 Å². The summed E-state index contributed by atoms with van der Waals surface area (Å²) in [6.07, 6.45) is 0.395. The molecule has 0 unspecified atom stereocenters. The fraction of sp³-hybridized carbons (Fsp3) is 0.500. The average molecular weight is 458 g/mol. The van der Waals surface area contributed by atoms with Crippen LogP contribution in [0.3, 0.4) is 0 Å². The summed E-state index contributed by atoms with van der Waals surface area (Å²) < 4.78 is 6.18. The largest absolute Gasteiger partial charge is 0.477 e. The Morgan fingerprint density at radius 2 is 2.15 bits per heavy atom. The van der Waals surface area contributed by atoms with Crippen molar-refractivity contribution in [3.8, 4) is 0 Å². The van der Waals surface area contributed by atoms with Crippen LogP contribution >= 0.6 is 27.3 Å². The molecule has 0 bridgehead atoms. The lowest BCUT2D eigenvalue weighted by atomic mass is 10.0. The monoisotopic (exact) mass is 457 g/mol. The van der Waals surface area contributed by atoms with Crippen molar-refractivity contribution < 1.29 is 19.4 Å². The van der Waals surface area contributed by atoms with Crippen LogP contribution in [-0.2, 0) is 4.74 Å². The number of ether oxygens (including phenoxy) is 1. The second-order valence-corrected chi connectivity index (χ2v) is 8.03. The number of hydrogen-bond acceptors (Lipinski definition) is 7. The van der Waals surface area contributed by atoms with Crippen molar-refractivity contribution in [2.24, 2.45) is 0 Å². The highest BCUT2D eigenvalue weighted by Gasteiger charge is 2.33. The number of carboxylic acid groups (broad SMARTS) is 1. The number of anilines is 1. The molecule has 0 aromatic carbocycles. The molecule has 1 aliphatic heterocycles. The second-order valence-electron chi connectivity index (χ2n) is 6.31. The maximum Gasteiger partial charge on any atom is 0.347 e. The number of aromatic amines is 1. The molecule has 11 heteroatoms. The normalized spacial score (nSPS) is 19.9. The van der Waals surface area contributed by atoms with E-state index in [1.54, 1.807) is 14.0 Å². The number of methoxy groups -OCH3 is 1. The van der Waals surface area contributed by atoms with E-state index in [1.807, 2.05) is 11.8 Å². The Morgan fingerprint density at radius 1 is 1.41 bits per heavy atom. The van der Waals surface area contributed by atoms with Gasteiger partial charge in [-0.3, -0.25) is 4.79 Å². The molecule has 9 nitrogen and oxygen atoms in total. The maximum absolute atomic E-state index is 12.4. The van der Waals surface area contributed by atoms with E-state index in [0.29, 0.717) is 34.9 Å². The molecule has 2 atom stereocenters. The number of aryl methyl sites for hydroxylation is 2. The zero-order valence-electron chi connectivity index (χ0n) is 15.1. The number of halogens is 1. The second kappa shape index (κ2) is 7.95. The first-order chi connectivity index (χ1) is 12.8. The zero-order chi connectivity index (χ0) is 19.7. The van der Waals surface area contributed by atoms with Gasteiger partial charge in [-0.15, -0.1) is 0 Å². The summed E-state index contributed by atoms with van der Waals surface area (Å²) in [5.74, 6) is -1.01. The van der Waals surface area contributed by atoms with Crippen LogP contribution in [-0.4, -0.2) is 64.3 Å². The number of hydrogen-bond donors (Lipinski definition) is 3. The lowest BCUT2D eigenvalue weighted by molar-refractivity contribution is 0.0538.